The Bertz CT molecular complexity index is 988. The SMILES string of the molecule is CC(=O)c1c(C)nn(C(C)CC(=O)NCc2ccccc2-n2cccn2)c1C. The zero-order valence-electron chi connectivity index (χ0n) is 16.6. The number of hydrogen-bond acceptors (Lipinski definition) is 4. The van der Waals surface area contributed by atoms with E-state index < -0.39 is 0 Å². The monoisotopic (exact) mass is 379 g/mol. The summed E-state index contributed by atoms with van der Waals surface area (Å²) in [7, 11) is 0. The average Bonchev–Trinajstić information content (AvgIpc) is 3.28. The van der Waals surface area contributed by atoms with Gasteiger partial charge in [-0.05, 0) is 45.4 Å². The Hall–Kier alpha value is -3.22. The second kappa shape index (κ2) is 8.21. The molecular formula is C21H25N5O2. The van der Waals surface area contributed by atoms with Gasteiger partial charge in [0.1, 0.15) is 0 Å². The van der Waals surface area contributed by atoms with Crippen LogP contribution >= 0.6 is 0 Å². The quantitative estimate of drug-likeness (QED) is 0.639. The van der Waals surface area contributed by atoms with Crippen molar-refractivity contribution in [1.29, 1.82) is 0 Å². The number of aromatic nitrogens is 4. The Morgan fingerprint density at radius 2 is 1.93 bits per heavy atom. The van der Waals surface area contributed by atoms with Gasteiger partial charge in [0.2, 0.25) is 5.91 Å². The molecule has 0 bridgehead atoms. The standard InChI is InChI=1S/C21H25N5O2/c1-14(26-16(3)21(17(4)27)15(2)24-26)12-20(28)22-13-18-8-5-6-9-19(18)25-11-7-10-23-25/h5-11,14H,12-13H2,1-4H3,(H,22,28). The van der Waals surface area contributed by atoms with Crippen LogP contribution in [0.4, 0.5) is 0 Å². The Labute approximate surface area is 164 Å². The molecule has 0 aliphatic carbocycles. The molecule has 1 amide bonds. The molecule has 28 heavy (non-hydrogen) atoms. The van der Waals surface area contributed by atoms with Gasteiger partial charge >= 0.3 is 0 Å². The second-order valence-corrected chi connectivity index (χ2v) is 6.96. The molecule has 0 aliphatic rings. The van der Waals surface area contributed by atoms with Crippen LogP contribution in [0, 0.1) is 13.8 Å². The van der Waals surface area contributed by atoms with Crippen LogP contribution in [0.3, 0.4) is 0 Å². The molecule has 0 saturated heterocycles. The van der Waals surface area contributed by atoms with E-state index in [-0.39, 0.29) is 24.2 Å². The van der Waals surface area contributed by atoms with E-state index in [1.165, 1.54) is 6.92 Å². The van der Waals surface area contributed by atoms with Gasteiger partial charge in [0.15, 0.2) is 5.78 Å². The van der Waals surface area contributed by atoms with Crippen molar-refractivity contribution in [3.05, 3.63) is 65.2 Å². The van der Waals surface area contributed by atoms with Crippen molar-refractivity contribution < 1.29 is 9.59 Å². The number of carbonyl (C=O) groups excluding carboxylic acids is 2. The van der Waals surface area contributed by atoms with Crippen LogP contribution in [-0.2, 0) is 11.3 Å². The largest absolute Gasteiger partial charge is 0.352 e. The molecule has 3 rings (SSSR count). The molecule has 2 aromatic heterocycles. The van der Waals surface area contributed by atoms with Crippen LogP contribution in [-0.4, -0.2) is 31.3 Å². The third-order valence-corrected chi connectivity index (χ3v) is 4.79. The van der Waals surface area contributed by atoms with Gasteiger partial charge in [0.25, 0.3) is 0 Å². The molecule has 0 saturated carbocycles. The highest BCUT2D eigenvalue weighted by Gasteiger charge is 2.20. The number of aryl methyl sites for hydroxylation is 1. The van der Waals surface area contributed by atoms with Crippen molar-refractivity contribution in [2.24, 2.45) is 0 Å². The first kappa shape index (κ1) is 19.5. The van der Waals surface area contributed by atoms with E-state index in [0.717, 1.165) is 16.9 Å². The molecule has 0 aliphatic heterocycles. The molecule has 0 radical (unpaired) electrons. The molecule has 1 unspecified atom stereocenters. The number of ketones is 1. The molecule has 0 spiro atoms. The molecule has 0 fully saturated rings. The van der Waals surface area contributed by atoms with Crippen molar-refractivity contribution in [3.8, 4) is 5.69 Å². The minimum atomic E-state index is -0.145. The van der Waals surface area contributed by atoms with Crippen LogP contribution in [0.1, 0.15) is 53.6 Å². The second-order valence-electron chi connectivity index (χ2n) is 6.96. The normalized spacial score (nSPS) is 12.0. The Morgan fingerprint density at radius 1 is 1.18 bits per heavy atom. The average molecular weight is 379 g/mol. The van der Waals surface area contributed by atoms with Crippen molar-refractivity contribution >= 4 is 11.7 Å². The molecule has 146 valence electrons. The van der Waals surface area contributed by atoms with Gasteiger partial charge in [-0.25, -0.2) is 4.68 Å². The minimum absolute atomic E-state index is 0.00636. The summed E-state index contributed by atoms with van der Waals surface area (Å²) >= 11 is 0. The van der Waals surface area contributed by atoms with E-state index in [2.05, 4.69) is 15.5 Å². The summed E-state index contributed by atoms with van der Waals surface area (Å²) in [6.45, 7) is 7.57. The lowest BCUT2D eigenvalue weighted by atomic mass is 10.1. The lowest BCUT2D eigenvalue weighted by molar-refractivity contribution is -0.122. The van der Waals surface area contributed by atoms with Crippen LogP contribution in [0.25, 0.3) is 5.69 Å². The number of amides is 1. The fourth-order valence-electron chi connectivity index (χ4n) is 3.52. The van der Waals surface area contributed by atoms with Crippen molar-refractivity contribution in [3.63, 3.8) is 0 Å². The molecule has 1 N–H and O–H groups in total. The highest BCUT2D eigenvalue weighted by molar-refractivity contribution is 5.96. The lowest BCUT2D eigenvalue weighted by Crippen LogP contribution is -2.26. The summed E-state index contributed by atoms with van der Waals surface area (Å²) in [5.41, 5.74) is 4.06. The van der Waals surface area contributed by atoms with E-state index in [4.69, 9.17) is 0 Å². The number of carbonyl (C=O) groups is 2. The van der Waals surface area contributed by atoms with Gasteiger partial charge in [0, 0.05) is 31.1 Å². The molecule has 1 atom stereocenters. The van der Waals surface area contributed by atoms with E-state index in [9.17, 15) is 9.59 Å². The van der Waals surface area contributed by atoms with Gasteiger partial charge in [-0.1, -0.05) is 18.2 Å². The summed E-state index contributed by atoms with van der Waals surface area (Å²) in [5.74, 6) is -0.0761. The summed E-state index contributed by atoms with van der Waals surface area (Å²) in [4.78, 5) is 24.3. The summed E-state index contributed by atoms with van der Waals surface area (Å²) in [5, 5.41) is 11.7. The number of rotatable bonds is 7. The maximum absolute atomic E-state index is 12.5. The first-order valence-electron chi connectivity index (χ1n) is 9.29. The molecular weight excluding hydrogens is 354 g/mol. The number of benzene rings is 1. The molecule has 3 aromatic rings. The van der Waals surface area contributed by atoms with Crippen molar-refractivity contribution in [2.45, 2.75) is 46.7 Å². The van der Waals surface area contributed by atoms with Crippen LogP contribution < -0.4 is 5.32 Å². The highest BCUT2D eigenvalue weighted by Crippen LogP contribution is 2.20. The predicted molar refractivity (Wildman–Crippen MR) is 106 cm³/mol. The van der Waals surface area contributed by atoms with Crippen molar-refractivity contribution in [1.82, 2.24) is 24.9 Å². The van der Waals surface area contributed by atoms with Crippen LogP contribution in [0.2, 0.25) is 0 Å². The van der Waals surface area contributed by atoms with Gasteiger partial charge in [-0.15, -0.1) is 0 Å². The fourth-order valence-corrected chi connectivity index (χ4v) is 3.52. The van der Waals surface area contributed by atoms with Crippen molar-refractivity contribution in [2.75, 3.05) is 0 Å². The van der Waals surface area contributed by atoms with Crippen LogP contribution in [0.5, 0.6) is 0 Å². The molecule has 2 heterocycles. The summed E-state index contributed by atoms with van der Waals surface area (Å²) in [6, 6.07) is 9.54. The van der Waals surface area contributed by atoms with E-state index in [1.807, 2.05) is 57.3 Å². The smallest absolute Gasteiger partial charge is 0.222 e. The molecule has 7 nitrogen and oxygen atoms in total. The van der Waals surface area contributed by atoms with E-state index in [1.54, 1.807) is 15.6 Å². The maximum atomic E-state index is 12.5. The van der Waals surface area contributed by atoms with Gasteiger partial charge in [-0.2, -0.15) is 10.2 Å². The lowest BCUT2D eigenvalue weighted by Gasteiger charge is -2.15. The number of nitrogens with zero attached hydrogens (tertiary/aromatic N) is 4. The van der Waals surface area contributed by atoms with Gasteiger partial charge in [-0.3, -0.25) is 14.3 Å². The zero-order chi connectivity index (χ0) is 20.3. The van der Waals surface area contributed by atoms with Gasteiger partial charge in [0.05, 0.1) is 23.0 Å². The number of Topliss-reactive ketones (excluding diaryl/α,β-unsaturated/α-hetero) is 1. The van der Waals surface area contributed by atoms with Gasteiger partial charge < -0.3 is 5.32 Å². The van der Waals surface area contributed by atoms with E-state index in [0.29, 0.717) is 17.8 Å². The first-order valence-corrected chi connectivity index (χ1v) is 9.29. The molecule has 7 heteroatoms. The first-order chi connectivity index (χ1) is 13.4. The third kappa shape index (κ3) is 4.03. The third-order valence-electron chi connectivity index (χ3n) is 4.79. The Kier molecular flexibility index (Phi) is 5.73. The summed E-state index contributed by atoms with van der Waals surface area (Å²) < 4.78 is 3.55. The number of nitrogens with one attached hydrogen (secondary N) is 1. The number of hydrogen-bond donors (Lipinski definition) is 1. The zero-order valence-corrected chi connectivity index (χ0v) is 16.6. The topological polar surface area (TPSA) is 81.8 Å². The van der Waals surface area contributed by atoms with E-state index >= 15 is 0 Å². The minimum Gasteiger partial charge on any atom is -0.352 e. The fraction of sp³-hybridized carbons (Fsp3) is 0.333. The highest BCUT2D eigenvalue weighted by atomic mass is 16.1. The maximum Gasteiger partial charge on any atom is 0.222 e. The molecule has 1 aromatic carbocycles. The number of para-hydroxylation sites is 1. The predicted octanol–water partition coefficient (Wildman–Crippen LogP) is 3.16. The summed E-state index contributed by atoms with van der Waals surface area (Å²) in [6.07, 6.45) is 3.88. The Balaban J connectivity index is 1.66. The Morgan fingerprint density at radius 3 is 2.57 bits per heavy atom. The van der Waals surface area contributed by atoms with Crippen LogP contribution in [0.15, 0.2) is 42.7 Å².